The zero-order valence-corrected chi connectivity index (χ0v) is 10.8. The van der Waals surface area contributed by atoms with Crippen molar-refractivity contribution in [1.29, 1.82) is 0 Å². The van der Waals surface area contributed by atoms with Crippen LogP contribution in [-0.2, 0) is 9.53 Å². The third-order valence-electron chi connectivity index (χ3n) is 3.43. The van der Waals surface area contributed by atoms with Crippen LogP contribution in [0.25, 0.3) is 0 Å². The van der Waals surface area contributed by atoms with E-state index >= 15 is 0 Å². The molecule has 1 aliphatic rings. The van der Waals surface area contributed by atoms with E-state index in [0.29, 0.717) is 25.3 Å². The monoisotopic (exact) mass is 267 g/mol. The van der Waals surface area contributed by atoms with Crippen LogP contribution in [0.5, 0.6) is 0 Å². The molecule has 0 saturated heterocycles. The lowest BCUT2D eigenvalue weighted by atomic mass is 9.82. The van der Waals surface area contributed by atoms with Crippen LogP contribution in [0.1, 0.15) is 55.0 Å². The van der Waals surface area contributed by atoms with Gasteiger partial charge >= 0.3 is 11.9 Å². The van der Waals surface area contributed by atoms with Crippen LogP contribution in [0.4, 0.5) is 0 Å². The summed E-state index contributed by atoms with van der Waals surface area (Å²) in [5.41, 5.74) is 0. The Morgan fingerprint density at radius 3 is 2.68 bits per heavy atom. The number of carbonyl (C=O) groups excluding carboxylic acids is 1. The van der Waals surface area contributed by atoms with Crippen molar-refractivity contribution in [2.45, 2.75) is 38.5 Å². The standard InChI is InChI=1S/C13H17NO5/c1-2-18-13(17)10-7-14-11(19-10)8-3-5-9(6-4-8)12(15)16/h7-9H,2-6H2,1H3,(H,15,16). The first kappa shape index (κ1) is 13.6. The van der Waals surface area contributed by atoms with Gasteiger partial charge in [0.25, 0.3) is 0 Å². The zero-order chi connectivity index (χ0) is 13.8. The van der Waals surface area contributed by atoms with Gasteiger partial charge in [-0.05, 0) is 32.6 Å². The third-order valence-corrected chi connectivity index (χ3v) is 3.43. The summed E-state index contributed by atoms with van der Waals surface area (Å²) in [6.07, 6.45) is 4.06. The molecule has 1 aromatic rings. The second kappa shape index (κ2) is 5.86. The summed E-state index contributed by atoms with van der Waals surface area (Å²) in [6.45, 7) is 2.01. The van der Waals surface area contributed by atoms with Crippen LogP contribution in [0.15, 0.2) is 10.6 Å². The van der Waals surface area contributed by atoms with Gasteiger partial charge in [-0.25, -0.2) is 9.78 Å². The highest BCUT2D eigenvalue weighted by molar-refractivity contribution is 5.85. The number of oxazole rings is 1. The van der Waals surface area contributed by atoms with Crippen LogP contribution in [0.2, 0.25) is 0 Å². The average molecular weight is 267 g/mol. The first-order chi connectivity index (χ1) is 9.11. The van der Waals surface area contributed by atoms with Crippen molar-refractivity contribution in [3.8, 4) is 0 Å². The molecule has 2 rings (SSSR count). The SMILES string of the molecule is CCOC(=O)c1cnc(C2CCC(C(=O)O)CC2)o1. The summed E-state index contributed by atoms with van der Waals surface area (Å²) < 4.78 is 10.2. The molecule has 6 nitrogen and oxygen atoms in total. The number of ether oxygens (including phenoxy) is 1. The van der Waals surface area contributed by atoms with Gasteiger partial charge in [0.15, 0.2) is 5.89 Å². The molecule has 0 radical (unpaired) electrons. The second-order valence-electron chi connectivity index (χ2n) is 4.67. The number of hydrogen-bond acceptors (Lipinski definition) is 5. The van der Waals surface area contributed by atoms with Crippen LogP contribution in [-0.4, -0.2) is 28.6 Å². The largest absolute Gasteiger partial charge is 0.481 e. The topological polar surface area (TPSA) is 89.6 Å². The number of aromatic nitrogens is 1. The number of carboxylic acid groups (broad SMARTS) is 1. The highest BCUT2D eigenvalue weighted by Gasteiger charge is 2.29. The summed E-state index contributed by atoms with van der Waals surface area (Å²) in [5, 5.41) is 8.93. The second-order valence-corrected chi connectivity index (χ2v) is 4.67. The summed E-state index contributed by atoms with van der Waals surface area (Å²) in [6, 6.07) is 0. The van der Waals surface area contributed by atoms with E-state index in [0.717, 1.165) is 12.8 Å². The van der Waals surface area contributed by atoms with Crippen molar-refractivity contribution in [3.05, 3.63) is 17.8 Å². The Morgan fingerprint density at radius 2 is 2.11 bits per heavy atom. The van der Waals surface area contributed by atoms with Crippen molar-refractivity contribution in [2.24, 2.45) is 5.92 Å². The summed E-state index contributed by atoms with van der Waals surface area (Å²) in [4.78, 5) is 26.4. The molecule has 0 bridgehead atoms. The van der Waals surface area contributed by atoms with E-state index in [-0.39, 0.29) is 17.6 Å². The minimum absolute atomic E-state index is 0.0961. The number of carboxylic acids is 1. The molecule has 0 aromatic carbocycles. The molecule has 0 aliphatic heterocycles. The van der Waals surface area contributed by atoms with E-state index in [9.17, 15) is 9.59 Å². The average Bonchev–Trinajstić information content (AvgIpc) is 2.89. The Bertz CT molecular complexity index is 459. The van der Waals surface area contributed by atoms with Crippen LogP contribution in [0, 0.1) is 5.92 Å². The molecule has 0 amide bonds. The van der Waals surface area contributed by atoms with E-state index in [1.54, 1.807) is 6.92 Å². The normalized spacial score (nSPS) is 23.0. The van der Waals surface area contributed by atoms with Gasteiger partial charge in [0.05, 0.1) is 18.7 Å². The highest BCUT2D eigenvalue weighted by Crippen LogP contribution is 2.35. The smallest absolute Gasteiger partial charge is 0.375 e. The van der Waals surface area contributed by atoms with E-state index in [4.69, 9.17) is 14.3 Å². The van der Waals surface area contributed by atoms with E-state index in [2.05, 4.69) is 4.98 Å². The maximum atomic E-state index is 11.4. The van der Waals surface area contributed by atoms with Crippen LogP contribution >= 0.6 is 0 Å². The van der Waals surface area contributed by atoms with Crippen molar-refractivity contribution < 1.29 is 23.8 Å². The van der Waals surface area contributed by atoms with Crippen LogP contribution in [0.3, 0.4) is 0 Å². The maximum Gasteiger partial charge on any atom is 0.375 e. The fourth-order valence-corrected chi connectivity index (χ4v) is 2.36. The van der Waals surface area contributed by atoms with Crippen molar-refractivity contribution in [3.63, 3.8) is 0 Å². The highest BCUT2D eigenvalue weighted by atomic mass is 16.5. The lowest BCUT2D eigenvalue weighted by Crippen LogP contribution is -2.20. The Hall–Kier alpha value is -1.85. The molecule has 1 fully saturated rings. The number of nitrogens with zero attached hydrogens (tertiary/aromatic N) is 1. The first-order valence-corrected chi connectivity index (χ1v) is 6.47. The van der Waals surface area contributed by atoms with Crippen molar-refractivity contribution in [1.82, 2.24) is 4.98 Å². The fourth-order valence-electron chi connectivity index (χ4n) is 2.36. The molecular weight excluding hydrogens is 250 g/mol. The van der Waals surface area contributed by atoms with Crippen molar-refractivity contribution >= 4 is 11.9 Å². The van der Waals surface area contributed by atoms with Crippen molar-refractivity contribution in [2.75, 3.05) is 6.61 Å². The van der Waals surface area contributed by atoms with Gasteiger partial charge in [0, 0.05) is 5.92 Å². The molecule has 1 aromatic heterocycles. The molecule has 0 spiro atoms. The zero-order valence-electron chi connectivity index (χ0n) is 10.8. The fraction of sp³-hybridized carbons (Fsp3) is 0.615. The number of rotatable bonds is 4. The Labute approximate surface area is 110 Å². The van der Waals surface area contributed by atoms with E-state index in [1.807, 2.05) is 0 Å². The Morgan fingerprint density at radius 1 is 1.42 bits per heavy atom. The summed E-state index contributed by atoms with van der Waals surface area (Å²) in [7, 11) is 0. The Kier molecular flexibility index (Phi) is 4.19. The molecule has 6 heteroatoms. The van der Waals surface area contributed by atoms with Gasteiger partial charge < -0.3 is 14.3 Å². The lowest BCUT2D eigenvalue weighted by Gasteiger charge is -2.23. The molecule has 1 heterocycles. The molecule has 1 aliphatic carbocycles. The first-order valence-electron chi connectivity index (χ1n) is 6.47. The molecule has 104 valence electrons. The molecule has 1 saturated carbocycles. The predicted octanol–water partition coefficient (Wildman–Crippen LogP) is 2.21. The minimum Gasteiger partial charge on any atom is -0.481 e. The predicted molar refractivity (Wildman–Crippen MR) is 64.8 cm³/mol. The van der Waals surface area contributed by atoms with E-state index in [1.165, 1.54) is 6.20 Å². The molecular formula is C13H17NO5. The number of aliphatic carboxylic acids is 1. The maximum absolute atomic E-state index is 11.4. The quantitative estimate of drug-likeness (QED) is 0.841. The Balaban J connectivity index is 1.97. The van der Waals surface area contributed by atoms with E-state index < -0.39 is 11.9 Å². The summed E-state index contributed by atoms with van der Waals surface area (Å²) in [5.74, 6) is -0.808. The molecule has 19 heavy (non-hydrogen) atoms. The number of esters is 1. The van der Waals surface area contributed by atoms with Gasteiger partial charge in [-0.2, -0.15) is 0 Å². The summed E-state index contributed by atoms with van der Waals surface area (Å²) >= 11 is 0. The van der Waals surface area contributed by atoms with Gasteiger partial charge in [-0.1, -0.05) is 0 Å². The molecule has 1 N–H and O–H groups in total. The minimum atomic E-state index is -0.738. The lowest BCUT2D eigenvalue weighted by molar-refractivity contribution is -0.142. The van der Waals surface area contributed by atoms with Gasteiger partial charge in [-0.3, -0.25) is 4.79 Å². The third kappa shape index (κ3) is 3.13. The van der Waals surface area contributed by atoms with Gasteiger partial charge in [0.1, 0.15) is 0 Å². The number of hydrogen-bond donors (Lipinski definition) is 1. The molecule has 0 unspecified atom stereocenters. The van der Waals surface area contributed by atoms with Crippen LogP contribution < -0.4 is 0 Å². The number of carbonyl (C=O) groups is 2. The van der Waals surface area contributed by atoms with Gasteiger partial charge in [0.2, 0.25) is 5.76 Å². The molecule has 0 atom stereocenters. The van der Waals surface area contributed by atoms with Gasteiger partial charge in [-0.15, -0.1) is 0 Å².